The first kappa shape index (κ1) is 18.2. The van der Waals surface area contributed by atoms with E-state index in [1.165, 1.54) is 0 Å². The summed E-state index contributed by atoms with van der Waals surface area (Å²) >= 11 is -1.32. The van der Waals surface area contributed by atoms with E-state index in [4.69, 9.17) is 0 Å². The fraction of sp³-hybridized carbons (Fsp3) is 0.600. The Labute approximate surface area is 145 Å². The molecular formula is C20H33SiTi. The summed E-state index contributed by atoms with van der Waals surface area (Å²) in [4.78, 5) is 0. The molecule has 0 N–H and O–H groups in total. The van der Waals surface area contributed by atoms with E-state index >= 15 is 0 Å². The predicted molar refractivity (Wildman–Crippen MR) is 99.4 cm³/mol. The average Bonchev–Trinajstić information content (AvgIpc) is 2.76. The molecule has 0 aromatic heterocycles. The third-order valence-electron chi connectivity index (χ3n) is 6.44. The molecule has 0 aromatic rings. The predicted octanol–water partition coefficient (Wildman–Crippen LogP) is 6.11. The van der Waals surface area contributed by atoms with Crippen molar-refractivity contribution in [3.63, 3.8) is 0 Å². The zero-order valence-electron chi connectivity index (χ0n) is 16.2. The van der Waals surface area contributed by atoms with Crippen molar-refractivity contribution in [3.05, 3.63) is 41.2 Å². The summed E-state index contributed by atoms with van der Waals surface area (Å²) in [6.45, 7) is 23.7. The standard InChI is InChI=1S/2C9H13.C2H7Si.Ti/c2*1-6-5-7(2)9(4)8(6)3;1-3-2;/h2*6H,1-4H3;3H,1-2H3;. The molecule has 0 heterocycles. The molecule has 2 rings (SSSR count). The second kappa shape index (κ2) is 6.42. The topological polar surface area (TPSA) is 0 Å². The Hall–Kier alpha value is -0.109. The first-order valence-electron chi connectivity index (χ1n) is 8.75. The van der Waals surface area contributed by atoms with Crippen LogP contribution in [0.5, 0.6) is 0 Å². The van der Waals surface area contributed by atoms with Gasteiger partial charge >= 0.3 is 145 Å². The molecule has 0 aliphatic heterocycles. The van der Waals surface area contributed by atoms with Crippen LogP contribution in [0.1, 0.15) is 55.4 Å². The van der Waals surface area contributed by atoms with Crippen LogP contribution in [0, 0.1) is 11.8 Å². The van der Waals surface area contributed by atoms with Gasteiger partial charge in [0.2, 0.25) is 0 Å². The van der Waals surface area contributed by atoms with Gasteiger partial charge in [0.05, 0.1) is 0 Å². The molecule has 0 radical (unpaired) electrons. The van der Waals surface area contributed by atoms with Crippen molar-refractivity contribution in [2.45, 2.75) is 68.5 Å². The van der Waals surface area contributed by atoms with Crippen molar-refractivity contribution in [1.29, 1.82) is 0 Å². The van der Waals surface area contributed by atoms with Gasteiger partial charge in [-0.15, -0.1) is 0 Å². The van der Waals surface area contributed by atoms with Gasteiger partial charge in [0.1, 0.15) is 0 Å². The zero-order valence-corrected chi connectivity index (χ0v) is 18.9. The Balaban J connectivity index is 2.57. The molecule has 0 fully saturated rings. The van der Waals surface area contributed by atoms with Crippen molar-refractivity contribution in [1.82, 2.24) is 0 Å². The van der Waals surface area contributed by atoms with Crippen LogP contribution >= 0.6 is 0 Å². The van der Waals surface area contributed by atoms with Gasteiger partial charge in [-0.1, -0.05) is 0 Å². The summed E-state index contributed by atoms with van der Waals surface area (Å²) in [5.74, 6) is 1.41. The number of allylic oxidation sites excluding steroid dienone is 8. The van der Waals surface area contributed by atoms with E-state index in [-0.39, 0.29) is 0 Å². The minimum atomic E-state index is -1.32. The van der Waals surface area contributed by atoms with E-state index in [2.05, 4.69) is 68.5 Å². The van der Waals surface area contributed by atoms with Crippen LogP contribution in [0.15, 0.2) is 41.2 Å². The maximum atomic E-state index is 2.61. The van der Waals surface area contributed by atoms with Gasteiger partial charge in [0, 0.05) is 0 Å². The van der Waals surface area contributed by atoms with Crippen LogP contribution < -0.4 is 0 Å². The van der Waals surface area contributed by atoms with Crippen LogP contribution in [0.25, 0.3) is 0 Å². The molecule has 0 nitrogen and oxygen atoms in total. The molecule has 2 unspecified atom stereocenters. The molecular weight excluding hydrogens is 316 g/mol. The van der Waals surface area contributed by atoms with Gasteiger partial charge < -0.3 is 0 Å². The normalized spacial score (nSPS) is 26.3. The summed E-state index contributed by atoms with van der Waals surface area (Å²) in [6, 6.07) is 0. The van der Waals surface area contributed by atoms with Crippen molar-refractivity contribution < 1.29 is 17.1 Å². The second-order valence-electron chi connectivity index (χ2n) is 7.71. The Morgan fingerprint density at radius 1 is 0.636 bits per heavy atom. The van der Waals surface area contributed by atoms with Gasteiger partial charge in [0.15, 0.2) is 0 Å². The fourth-order valence-electron chi connectivity index (χ4n) is 4.37. The van der Waals surface area contributed by atoms with Crippen molar-refractivity contribution in [3.8, 4) is 0 Å². The van der Waals surface area contributed by atoms with Crippen LogP contribution in [0.2, 0.25) is 13.1 Å². The quantitative estimate of drug-likeness (QED) is 0.539. The summed E-state index contributed by atoms with van der Waals surface area (Å²) in [7, 11) is 0. The third-order valence-corrected chi connectivity index (χ3v) is 19.9. The number of hydrogen-bond acceptors (Lipinski definition) is 0. The molecule has 2 aliphatic carbocycles. The minimum absolute atomic E-state index is 0.657. The average molecular weight is 349 g/mol. The second-order valence-corrected chi connectivity index (χ2v) is 20.8. The monoisotopic (exact) mass is 349 g/mol. The Morgan fingerprint density at radius 2 is 0.955 bits per heavy atom. The first-order valence-corrected chi connectivity index (χ1v) is 15.9. The van der Waals surface area contributed by atoms with E-state index in [0.29, 0.717) is 11.8 Å². The van der Waals surface area contributed by atoms with E-state index in [9.17, 15) is 0 Å². The van der Waals surface area contributed by atoms with Gasteiger partial charge in [-0.2, -0.15) is 0 Å². The van der Waals surface area contributed by atoms with Gasteiger partial charge in [-0.25, -0.2) is 0 Å². The van der Waals surface area contributed by atoms with E-state index in [1.807, 2.05) is 7.76 Å². The Bertz CT molecular complexity index is 576. The van der Waals surface area contributed by atoms with E-state index in [1.54, 1.807) is 33.4 Å². The Morgan fingerprint density at radius 3 is 1.14 bits per heavy atom. The van der Waals surface area contributed by atoms with Crippen molar-refractivity contribution in [2.24, 2.45) is 11.8 Å². The van der Waals surface area contributed by atoms with Crippen LogP contribution in [0.4, 0.5) is 0 Å². The number of hydrogen-bond donors (Lipinski definition) is 0. The zero-order chi connectivity index (χ0) is 16.9. The molecule has 2 aliphatic rings. The molecule has 0 amide bonds. The van der Waals surface area contributed by atoms with Crippen LogP contribution in [-0.2, 0) is 17.1 Å². The molecule has 0 saturated carbocycles. The molecule has 0 spiro atoms. The van der Waals surface area contributed by atoms with E-state index in [0.717, 1.165) is 0 Å². The summed E-state index contributed by atoms with van der Waals surface area (Å²) in [5.41, 5.74) is 9.78. The third kappa shape index (κ3) is 2.64. The summed E-state index contributed by atoms with van der Waals surface area (Å²) < 4.78 is 3.83. The molecule has 121 valence electrons. The molecule has 22 heavy (non-hydrogen) atoms. The van der Waals surface area contributed by atoms with E-state index < -0.39 is 23.8 Å². The van der Waals surface area contributed by atoms with Crippen molar-refractivity contribution in [2.75, 3.05) is 0 Å². The fourth-order valence-corrected chi connectivity index (χ4v) is 19.7. The van der Waals surface area contributed by atoms with Crippen LogP contribution in [0.3, 0.4) is 0 Å². The maximum absolute atomic E-state index is 2.61. The molecule has 2 heteroatoms. The van der Waals surface area contributed by atoms with Gasteiger partial charge in [0.25, 0.3) is 0 Å². The van der Waals surface area contributed by atoms with Crippen molar-refractivity contribution >= 4 is 6.66 Å². The summed E-state index contributed by atoms with van der Waals surface area (Å²) in [6.07, 6.45) is 0. The Kier molecular flexibility index (Phi) is 5.32. The SMILES string of the molecule is CC1=C(C)C(C)[C]([Ti]([C]2=C(C)C(C)=C(C)C2C)[SiH](C)C)=C1C. The van der Waals surface area contributed by atoms with Gasteiger partial charge in [-0.3, -0.25) is 0 Å². The van der Waals surface area contributed by atoms with Gasteiger partial charge in [-0.05, 0) is 0 Å². The molecule has 0 aromatic carbocycles. The molecule has 0 saturated heterocycles. The molecule has 2 atom stereocenters. The van der Waals surface area contributed by atoms with Crippen LogP contribution in [-0.4, -0.2) is 6.66 Å². The first-order chi connectivity index (χ1) is 10.1. The summed E-state index contributed by atoms with van der Waals surface area (Å²) in [5, 5.41) is 0. The number of rotatable bonds is 3. The molecule has 0 bridgehead atoms.